The van der Waals surface area contributed by atoms with Crippen molar-refractivity contribution in [3.05, 3.63) is 59.7 Å². The van der Waals surface area contributed by atoms with Gasteiger partial charge in [-0.2, -0.15) is 0 Å². The Kier molecular flexibility index (Phi) is 3.67. The zero-order valence-corrected chi connectivity index (χ0v) is 10.5. The molecule has 0 fully saturated rings. The van der Waals surface area contributed by atoms with Crippen molar-refractivity contribution in [3.8, 4) is 0 Å². The molecule has 1 heterocycles. The number of aromatic nitrogens is 2. The summed E-state index contributed by atoms with van der Waals surface area (Å²) in [7, 11) is 1.78. The lowest BCUT2D eigenvalue weighted by Gasteiger charge is -2.17. The molecule has 0 saturated heterocycles. The van der Waals surface area contributed by atoms with E-state index in [1.165, 1.54) is 6.33 Å². The third kappa shape index (κ3) is 2.71. The molecule has 2 rings (SSSR count). The number of amides is 1. The van der Waals surface area contributed by atoms with E-state index in [-0.39, 0.29) is 5.91 Å². The van der Waals surface area contributed by atoms with Gasteiger partial charge in [-0.05, 0) is 12.5 Å². The van der Waals surface area contributed by atoms with Gasteiger partial charge < -0.3 is 4.90 Å². The van der Waals surface area contributed by atoms with E-state index < -0.39 is 0 Å². The standard InChI is InChI=1S/C14H15N3O/c1-11-13(8-15-10-16-11)14(18)17(2)9-12-6-4-3-5-7-12/h3-8,10H,9H2,1-2H3. The zero-order chi connectivity index (χ0) is 13.0. The molecule has 0 unspecified atom stereocenters. The molecule has 0 aliphatic rings. The van der Waals surface area contributed by atoms with Crippen LogP contribution in [0.4, 0.5) is 0 Å². The Morgan fingerprint density at radius 3 is 2.67 bits per heavy atom. The van der Waals surface area contributed by atoms with Crippen LogP contribution in [-0.2, 0) is 6.54 Å². The molecule has 1 amide bonds. The summed E-state index contributed by atoms with van der Waals surface area (Å²) in [5, 5.41) is 0. The Morgan fingerprint density at radius 2 is 2.00 bits per heavy atom. The fraction of sp³-hybridized carbons (Fsp3) is 0.214. The highest BCUT2D eigenvalue weighted by Gasteiger charge is 2.14. The molecule has 0 aliphatic heterocycles. The van der Waals surface area contributed by atoms with Crippen molar-refractivity contribution in [3.63, 3.8) is 0 Å². The van der Waals surface area contributed by atoms with Crippen LogP contribution in [0.2, 0.25) is 0 Å². The zero-order valence-electron chi connectivity index (χ0n) is 10.5. The molecule has 2 aromatic rings. The number of benzene rings is 1. The van der Waals surface area contributed by atoms with Crippen molar-refractivity contribution in [2.75, 3.05) is 7.05 Å². The SMILES string of the molecule is Cc1ncncc1C(=O)N(C)Cc1ccccc1. The van der Waals surface area contributed by atoms with Crippen molar-refractivity contribution in [2.24, 2.45) is 0 Å². The molecule has 0 radical (unpaired) electrons. The van der Waals surface area contributed by atoms with Crippen LogP contribution in [0.15, 0.2) is 42.9 Å². The number of aryl methyl sites for hydroxylation is 1. The minimum atomic E-state index is -0.0584. The van der Waals surface area contributed by atoms with Gasteiger partial charge in [0.05, 0.1) is 11.3 Å². The van der Waals surface area contributed by atoms with Gasteiger partial charge in [0.2, 0.25) is 0 Å². The predicted octanol–water partition coefficient (Wildman–Crippen LogP) is 2.06. The highest BCUT2D eigenvalue weighted by Crippen LogP contribution is 2.09. The maximum Gasteiger partial charge on any atom is 0.257 e. The lowest BCUT2D eigenvalue weighted by molar-refractivity contribution is 0.0783. The van der Waals surface area contributed by atoms with Gasteiger partial charge in [0.25, 0.3) is 5.91 Å². The molecular weight excluding hydrogens is 226 g/mol. The van der Waals surface area contributed by atoms with Crippen LogP contribution >= 0.6 is 0 Å². The van der Waals surface area contributed by atoms with Gasteiger partial charge in [-0.3, -0.25) is 4.79 Å². The van der Waals surface area contributed by atoms with E-state index in [9.17, 15) is 4.79 Å². The highest BCUT2D eigenvalue weighted by molar-refractivity contribution is 5.94. The maximum atomic E-state index is 12.2. The van der Waals surface area contributed by atoms with Crippen LogP contribution in [0.25, 0.3) is 0 Å². The number of hydrogen-bond donors (Lipinski definition) is 0. The number of hydrogen-bond acceptors (Lipinski definition) is 3. The molecule has 4 heteroatoms. The maximum absolute atomic E-state index is 12.2. The first-order chi connectivity index (χ1) is 8.68. The van der Waals surface area contributed by atoms with E-state index in [0.717, 1.165) is 5.56 Å². The molecule has 1 aromatic carbocycles. The van der Waals surface area contributed by atoms with Crippen LogP contribution in [-0.4, -0.2) is 27.8 Å². The minimum absolute atomic E-state index is 0.0584. The number of nitrogens with zero attached hydrogens (tertiary/aromatic N) is 3. The van der Waals surface area contributed by atoms with Gasteiger partial charge >= 0.3 is 0 Å². The van der Waals surface area contributed by atoms with Crippen LogP contribution in [0.5, 0.6) is 0 Å². The van der Waals surface area contributed by atoms with Crippen molar-refractivity contribution < 1.29 is 4.79 Å². The third-order valence-corrected chi connectivity index (χ3v) is 2.75. The summed E-state index contributed by atoms with van der Waals surface area (Å²) in [6, 6.07) is 9.88. The summed E-state index contributed by atoms with van der Waals surface area (Å²) < 4.78 is 0. The van der Waals surface area contributed by atoms with Crippen LogP contribution in [0.1, 0.15) is 21.6 Å². The van der Waals surface area contributed by atoms with E-state index in [2.05, 4.69) is 9.97 Å². The number of carbonyl (C=O) groups excluding carboxylic acids is 1. The van der Waals surface area contributed by atoms with Gasteiger partial charge in [-0.1, -0.05) is 30.3 Å². The van der Waals surface area contributed by atoms with Gasteiger partial charge in [-0.25, -0.2) is 9.97 Å². The highest BCUT2D eigenvalue weighted by atomic mass is 16.2. The summed E-state index contributed by atoms with van der Waals surface area (Å²) in [5.74, 6) is -0.0584. The minimum Gasteiger partial charge on any atom is -0.337 e. The summed E-state index contributed by atoms with van der Waals surface area (Å²) >= 11 is 0. The van der Waals surface area contributed by atoms with Crippen molar-refractivity contribution >= 4 is 5.91 Å². The van der Waals surface area contributed by atoms with Gasteiger partial charge in [0.1, 0.15) is 6.33 Å². The lowest BCUT2D eigenvalue weighted by Crippen LogP contribution is -2.27. The monoisotopic (exact) mass is 241 g/mol. The summed E-state index contributed by atoms with van der Waals surface area (Å²) in [6.45, 7) is 2.39. The van der Waals surface area contributed by atoms with Gasteiger partial charge in [0.15, 0.2) is 0 Å². The number of carbonyl (C=O) groups is 1. The first-order valence-corrected chi connectivity index (χ1v) is 5.74. The van der Waals surface area contributed by atoms with E-state index in [1.54, 1.807) is 18.1 Å². The quantitative estimate of drug-likeness (QED) is 0.826. The second kappa shape index (κ2) is 5.40. The van der Waals surface area contributed by atoms with E-state index in [1.807, 2.05) is 37.3 Å². The normalized spacial score (nSPS) is 10.1. The van der Waals surface area contributed by atoms with Crippen LogP contribution < -0.4 is 0 Å². The largest absolute Gasteiger partial charge is 0.337 e. The molecule has 0 bridgehead atoms. The summed E-state index contributed by atoms with van der Waals surface area (Å²) in [4.78, 5) is 21.8. The lowest BCUT2D eigenvalue weighted by atomic mass is 10.2. The average molecular weight is 241 g/mol. The predicted molar refractivity (Wildman–Crippen MR) is 69.0 cm³/mol. The molecule has 0 spiro atoms. The summed E-state index contributed by atoms with van der Waals surface area (Å²) in [5.41, 5.74) is 2.36. The Balaban J connectivity index is 2.13. The average Bonchev–Trinajstić information content (AvgIpc) is 2.39. The molecule has 92 valence electrons. The second-order valence-corrected chi connectivity index (χ2v) is 4.17. The Bertz CT molecular complexity index is 540. The Labute approximate surface area is 106 Å². The molecule has 0 aliphatic carbocycles. The number of rotatable bonds is 3. The van der Waals surface area contributed by atoms with Crippen molar-refractivity contribution in [1.82, 2.24) is 14.9 Å². The molecule has 0 atom stereocenters. The smallest absolute Gasteiger partial charge is 0.257 e. The molecular formula is C14H15N3O. The van der Waals surface area contributed by atoms with Crippen molar-refractivity contribution in [1.29, 1.82) is 0 Å². The summed E-state index contributed by atoms with van der Waals surface area (Å²) in [6.07, 6.45) is 3.01. The molecule has 0 saturated carbocycles. The van der Waals surface area contributed by atoms with E-state index in [0.29, 0.717) is 17.8 Å². The fourth-order valence-corrected chi connectivity index (χ4v) is 1.74. The topological polar surface area (TPSA) is 46.1 Å². The fourth-order valence-electron chi connectivity index (χ4n) is 1.74. The van der Waals surface area contributed by atoms with Crippen LogP contribution in [0.3, 0.4) is 0 Å². The molecule has 1 aromatic heterocycles. The first kappa shape index (κ1) is 12.2. The Morgan fingerprint density at radius 1 is 1.28 bits per heavy atom. The van der Waals surface area contributed by atoms with Crippen LogP contribution in [0, 0.1) is 6.92 Å². The second-order valence-electron chi connectivity index (χ2n) is 4.17. The molecule has 18 heavy (non-hydrogen) atoms. The van der Waals surface area contributed by atoms with Gasteiger partial charge in [-0.15, -0.1) is 0 Å². The van der Waals surface area contributed by atoms with E-state index >= 15 is 0 Å². The molecule has 0 N–H and O–H groups in total. The first-order valence-electron chi connectivity index (χ1n) is 5.74. The van der Waals surface area contributed by atoms with E-state index in [4.69, 9.17) is 0 Å². The molecule has 4 nitrogen and oxygen atoms in total. The third-order valence-electron chi connectivity index (χ3n) is 2.75. The van der Waals surface area contributed by atoms with Gasteiger partial charge in [0, 0.05) is 19.8 Å². The van der Waals surface area contributed by atoms with Crippen molar-refractivity contribution in [2.45, 2.75) is 13.5 Å². The Hall–Kier alpha value is -2.23.